The van der Waals surface area contributed by atoms with E-state index >= 15 is 0 Å². The summed E-state index contributed by atoms with van der Waals surface area (Å²) in [4.78, 5) is 19.6. The highest BCUT2D eigenvalue weighted by molar-refractivity contribution is 5.98. The van der Waals surface area contributed by atoms with Crippen molar-refractivity contribution in [3.05, 3.63) is 60.4 Å². The van der Waals surface area contributed by atoms with Crippen molar-refractivity contribution in [3.63, 3.8) is 0 Å². The van der Waals surface area contributed by atoms with Gasteiger partial charge in [0.2, 0.25) is 5.91 Å². The first-order valence-electron chi connectivity index (χ1n) is 9.63. The molecule has 0 bridgehead atoms. The molecule has 1 amide bonds. The summed E-state index contributed by atoms with van der Waals surface area (Å²) >= 11 is 0. The standard InChI is InChI=1S/C23H25N3O3/c1-15(2)13-26-19-8-6-5-7-18(19)24-23(26)16-11-22(27)25(14-16)20-12-17(28-3)9-10-21(20)29-4/h5-10,12,16H,1,11,13-14H2,2-4H3/t16-/m0/s1. The Kier molecular flexibility index (Phi) is 5.01. The molecule has 150 valence electrons. The molecule has 1 aromatic heterocycles. The zero-order chi connectivity index (χ0) is 20.5. The number of para-hydroxylation sites is 2. The number of rotatable bonds is 6. The Morgan fingerprint density at radius 1 is 1.21 bits per heavy atom. The predicted molar refractivity (Wildman–Crippen MR) is 114 cm³/mol. The summed E-state index contributed by atoms with van der Waals surface area (Å²) in [5, 5.41) is 0. The third-order valence-electron chi connectivity index (χ3n) is 5.28. The van der Waals surface area contributed by atoms with Gasteiger partial charge in [0.15, 0.2) is 0 Å². The molecule has 1 fully saturated rings. The molecule has 0 aliphatic carbocycles. The Hall–Kier alpha value is -3.28. The maximum absolute atomic E-state index is 12.9. The number of anilines is 1. The van der Waals surface area contributed by atoms with Crippen LogP contribution in [0.15, 0.2) is 54.6 Å². The predicted octanol–water partition coefficient (Wildman–Crippen LogP) is 4.15. The van der Waals surface area contributed by atoms with Crippen molar-refractivity contribution in [1.82, 2.24) is 9.55 Å². The number of carbonyl (C=O) groups excluding carboxylic acids is 1. The van der Waals surface area contributed by atoms with Gasteiger partial charge in [0.25, 0.3) is 0 Å². The van der Waals surface area contributed by atoms with Crippen LogP contribution in [0.2, 0.25) is 0 Å². The Labute approximate surface area is 170 Å². The average Bonchev–Trinajstić information content (AvgIpc) is 3.28. The van der Waals surface area contributed by atoms with Crippen molar-refractivity contribution >= 4 is 22.6 Å². The fourth-order valence-electron chi connectivity index (χ4n) is 3.96. The minimum Gasteiger partial charge on any atom is -0.497 e. The van der Waals surface area contributed by atoms with Crippen molar-refractivity contribution in [1.29, 1.82) is 0 Å². The molecule has 0 saturated carbocycles. The third-order valence-corrected chi connectivity index (χ3v) is 5.28. The lowest BCUT2D eigenvalue weighted by Crippen LogP contribution is -2.25. The van der Waals surface area contributed by atoms with Gasteiger partial charge in [0.1, 0.15) is 17.3 Å². The second-order valence-corrected chi connectivity index (χ2v) is 7.45. The van der Waals surface area contributed by atoms with Crippen molar-refractivity contribution in [2.45, 2.75) is 25.8 Å². The molecule has 6 heteroatoms. The highest BCUT2D eigenvalue weighted by atomic mass is 16.5. The summed E-state index contributed by atoms with van der Waals surface area (Å²) in [5.74, 6) is 2.30. The van der Waals surface area contributed by atoms with E-state index in [1.165, 1.54) is 0 Å². The SMILES string of the molecule is C=C(C)Cn1c([C@H]2CC(=O)N(c3cc(OC)ccc3OC)C2)nc2ccccc21. The van der Waals surface area contributed by atoms with Gasteiger partial charge in [0.05, 0.1) is 30.9 Å². The van der Waals surface area contributed by atoms with E-state index < -0.39 is 0 Å². The molecule has 1 atom stereocenters. The molecule has 0 N–H and O–H groups in total. The number of methoxy groups -OCH3 is 2. The van der Waals surface area contributed by atoms with Crippen LogP contribution >= 0.6 is 0 Å². The first-order chi connectivity index (χ1) is 14.0. The fourth-order valence-corrected chi connectivity index (χ4v) is 3.96. The molecule has 1 aliphatic rings. The highest BCUT2D eigenvalue weighted by Gasteiger charge is 2.36. The van der Waals surface area contributed by atoms with Crippen LogP contribution in [0.4, 0.5) is 5.69 Å². The van der Waals surface area contributed by atoms with Crippen LogP contribution < -0.4 is 14.4 Å². The lowest BCUT2D eigenvalue weighted by atomic mass is 10.1. The Morgan fingerprint density at radius 3 is 2.72 bits per heavy atom. The van der Waals surface area contributed by atoms with Crippen LogP contribution in [-0.2, 0) is 11.3 Å². The summed E-state index contributed by atoms with van der Waals surface area (Å²) in [6.45, 7) is 7.30. The molecule has 3 aromatic rings. The number of allylic oxidation sites excluding steroid dienone is 1. The van der Waals surface area contributed by atoms with Crippen LogP contribution in [0.25, 0.3) is 11.0 Å². The van der Waals surface area contributed by atoms with Crippen LogP contribution in [0, 0.1) is 0 Å². The highest BCUT2D eigenvalue weighted by Crippen LogP contribution is 2.39. The first-order valence-corrected chi connectivity index (χ1v) is 9.63. The van der Waals surface area contributed by atoms with Crippen LogP contribution in [-0.4, -0.2) is 36.2 Å². The number of nitrogens with zero attached hydrogens (tertiary/aromatic N) is 3. The monoisotopic (exact) mass is 391 g/mol. The van der Waals surface area contributed by atoms with Gasteiger partial charge in [-0.2, -0.15) is 0 Å². The largest absolute Gasteiger partial charge is 0.497 e. The molecular weight excluding hydrogens is 366 g/mol. The maximum atomic E-state index is 12.9. The molecule has 0 spiro atoms. The molecule has 1 saturated heterocycles. The molecule has 29 heavy (non-hydrogen) atoms. The minimum absolute atomic E-state index is 0.00911. The third kappa shape index (κ3) is 3.46. The quantitative estimate of drug-likeness (QED) is 0.593. The normalized spacial score (nSPS) is 16.4. The second-order valence-electron chi connectivity index (χ2n) is 7.45. The van der Waals surface area contributed by atoms with Crippen LogP contribution in [0.5, 0.6) is 11.5 Å². The van der Waals surface area contributed by atoms with E-state index in [2.05, 4.69) is 17.2 Å². The molecule has 2 heterocycles. The molecule has 1 aliphatic heterocycles. The molecule has 0 radical (unpaired) electrons. The number of ether oxygens (including phenoxy) is 2. The lowest BCUT2D eigenvalue weighted by Gasteiger charge is -2.20. The maximum Gasteiger partial charge on any atom is 0.227 e. The summed E-state index contributed by atoms with van der Waals surface area (Å²) in [6.07, 6.45) is 0.403. The average molecular weight is 391 g/mol. The van der Waals surface area contributed by atoms with E-state index in [1.54, 1.807) is 19.1 Å². The Morgan fingerprint density at radius 2 is 2.00 bits per heavy atom. The smallest absolute Gasteiger partial charge is 0.227 e. The number of benzene rings is 2. The zero-order valence-corrected chi connectivity index (χ0v) is 17.0. The Bertz CT molecular complexity index is 1090. The Balaban J connectivity index is 1.73. The van der Waals surface area contributed by atoms with Gasteiger partial charge in [-0.05, 0) is 31.2 Å². The van der Waals surface area contributed by atoms with E-state index in [0.717, 1.165) is 28.1 Å². The summed E-state index contributed by atoms with van der Waals surface area (Å²) < 4.78 is 13.0. The van der Waals surface area contributed by atoms with Gasteiger partial charge >= 0.3 is 0 Å². The number of amides is 1. The minimum atomic E-state index is -0.00911. The number of hydrogen-bond acceptors (Lipinski definition) is 4. The van der Waals surface area contributed by atoms with Gasteiger partial charge in [-0.15, -0.1) is 0 Å². The van der Waals surface area contributed by atoms with E-state index in [9.17, 15) is 4.79 Å². The molecule has 6 nitrogen and oxygen atoms in total. The molecular formula is C23H25N3O3. The van der Waals surface area contributed by atoms with E-state index in [0.29, 0.717) is 31.0 Å². The number of fused-ring (bicyclic) bond motifs is 1. The van der Waals surface area contributed by atoms with Gasteiger partial charge in [-0.25, -0.2) is 4.98 Å². The van der Waals surface area contributed by atoms with Gasteiger partial charge in [0, 0.05) is 31.5 Å². The number of hydrogen-bond donors (Lipinski definition) is 0. The number of carbonyl (C=O) groups is 1. The lowest BCUT2D eigenvalue weighted by molar-refractivity contribution is -0.117. The van der Waals surface area contributed by atoms with E-state index in [1.807, 2.05) is 43.3 Å². The van der Waals surface area contributed by atoms with Crippen molar-refractivity contribution in [3.8, 4) is 11.5 Å². The van der Waals surface area contributed by atoms with Crippen LogP contribution in [0.3, 0.4) is 0 Å². The number of imidazole rings is 1. The summed E-state index contributed by atoms with van der Waals surface area (Å²) in [6, 6.07) is 13.6. The molecule has 2 aromatic carbocycles. The first kappa shape index (κ1) is 19.1. The second kappa shape index (κ2) is 7.62. The van der Waals surface area contributed by atoms with E-state index in [4.69, 9.17) is 14.5 Å². The van der Waals surface area contributed by atoms with E-state index in [-0.39, 0.29) is 11.8 Å². The number of aromatic nitrogens is 2. The topological polar surface area (TPSA) is 56.6 Å². The van der Waals surface area contributed by atoms with Gasteiger partial charge in [-0.3, -0.25) is 4.79 Å². The molecule has 4 rings (SSSR count). The summed E-state index contributed by atoms with van der Waals surface area (Å²) in [7, 11) is 3.22. The molecule has 0 unspecified atom stereocenters. The van der Waals surface area contributed by atoms with Gasteiger partial charge in [-0.1, -0.05) is 24.3 Å². The van der Waals surface area contributed by atoms with Crippen LogP contribution in [0.1, 0.15) is 25.1 Å². The van der Waals surface area contributed by atoms with Crippen molar-refractivity contribution < 1.29 is 14.3 Å². The summed E-state index contributed by atoms with van der Waals surface area (Å²) in [5.41, 5.74) is 3.77. The van der Waals surface area contributed by atoms with Crippen molar-refractivity contribution in [2.24, 2.45) is 0 Å². The van der Waals surface area contributed by atoms with Gasteiger partial charge < -0.3 is 18.9 Å². The zero-order valence-electron chi connectivity index (χ0n) is 17.0. The fraction of sp³-hybridized carbons (Fsp3) is 0.304. The van der Waals surface area contributed by atoms with Crippen molar-refractivity contribution in [2.75, 3.05) is 25.7 Å².